The molecule has 2 aliphatic rings. The van der Waals surface area contributed by atoms with Crippen molar-refractivity contribution >= 4 is 83.9 Å². The molecular formula is C49H33BN3O+. The second kappa shape index (κ2) is 10.8. The number of para-hydroxylation sites is 5. The monoisotopic (exact) mass is 690 g/mol. The maximum absolute atomic E-state index is 6.59. The molecule has 0 N–H and O–H groups in total. The lowest BCUT2D eigenvalue weighted by Crippen LogP contribution is -2.60. The lowest BCUT2D eigenvalue weighted by molar-refractivity contribution is -0.660. The van der Waals surface area contributed by atoms with Gasteiger partial charge in [0.2, 0.25) is 5.69 Å². The summed E-state index contributed by atoms with van der Waals surface area (Å²) in [6.45, 7) is 2.27. The van der Waals surface area contributed by atoms with E-state index in [1.54, 1.807) is 0 Å². The van der Waals surface area contributed by atoms with Crippen molar-refractivity contribution in [3.05, 3.63) is 169 Å². The molecular weight excluding hydrogens is 657 g/mol. The first-order valence-corrected chi connectivity index (χ1v) is 18.7. The Morgan fingerprint density at radius 3 is 2.22 bits per heavy atom. The predicted octanol–water partition coefficient (Wildman–Crippen LogP) is 9.76. The molecule has 0 fully saturated rings. The third-order valence-corrected chi connectivity index (χ3v) is 11.8. The maximum Gasteiger partial charge on any atom is 0.252 e. The molecule has 2 aliphatic heterocycles. The summed E-state index contributed by atoms with van der Waals surface area (Å²) in [5, 5.41) is 4.87. The lowest BCUT2D eigenvalue weighted by Gasteiger charge is -2.40. The molecule has 0 bridgehead atoms. The molecule has 10 aromatic rings. The molecule has 0 amide bonds. The van der Waals surface area contributed by atoms with E-state index in [1.807, 2.05) is 6.07 Å². The Morgan fingerprint density at radius 1 is 0.574 bits per heavy atom. The van der Waals surface area contributed by atoms with Crippen molar-refractivity contribution in [2.45, 2.75) is 6.92 Å². The van der Waals surface area contributed by atoms with Crippen molar-refractivity contribution in [1.29, 1.82) is 0 Å². The fraction of sp³-hybridized carbons (Fsp3) is 0.0408. The van der Waals surface area contributed by atoms with E-state index in [2.05, 4.69) is 186 Å². The molecule has 0 unspecified atom stereocenters. The van der Waals surface area contributed by atoms with Gasteiger partial charge in [-0.15, -0.1) is 0 Å². The summed E-state index contributed by atoms with van der Waals surface area (Å²) in [5.41, 5.74) is 18.9. The van der Waals surface area contributed by atoms with Gasteiger partial charge in [0.15, 0.2) is 6.20 Å². The molecule has 4 nitrogen and oxygen atoms in total. The summed E-state index contributed by atoms with van der Waals surface area (Å²) in [7, 11) is 2.13. The van der Waals surface area contributed by atoms with Crippen molar-refractivity contribution in [3.63, 3.8) is 0 Å². The molecule has 12 rings (SSSR count). The molecule has 0 aliphatic carbocycles. The first kappa shape index (κ1) is 29.7. The topological polar surface area (TPSA) is 25.2 Å². The Balaban J connectivity index is 1.18. The summed E-state index contributed by atoms with van der Waals surface area (Å²) in [4.78, 5) is 2.48. The van der Waals surface area contributed by atoms with Gasteiger partial charge in [0.25, 0.3) is 6.71 Å². The minimum atomic E-state index is 0.0959. The molecule has 252 valence electrons. The van der Waals surface area contributed by atoms with Crippen molar-refractivity contribution in [2.24, 2.45) is 7.05 Å². The predicted molar refractivity (Wildman–Crippen MR) is 224 cm³/mol. The van der Waals surface area contributed by atoms with Gasteiger partial charge in [0.05, 0.1) is 11.1 Å². The quantitative estimate of drug-likeness (QED) is 0.136. The zero-order valence-electron chi connectivity index (χ0n) is 29.9. The SMILES string of the molecule is Cc1cc(-c2cc(-c3cc4c5c(c3)-n3c6ccccc6c6cccc(c63)B5c3ccccc3N4c3ccccc3)cc[n+]2C)c2oc3ccccc3c2c1. The highest BCUT2D eigenvalue weighted by atomic mass is 16.3. The molecule has 0 saturated heterocycles. The Labute approximate surface area is 312 Å². The Bertz CT molecular complexity index is 3210. The molecule has 0 atom stereocenters. The van der Waals surface area contributed by atoms with E-state index in [0.29, 0.717) is 0 Å². The van der Waals surface area contributed by atoms with Crippen molar-refractivity contribution < 1.29 is 8.98 Å². The molecule has 0 spiro atoms. The average Bonchev–Trinajstić information content (AvgIpc) is 3.76. The smallest absolute Gasteiger partial charge is 0.252 e. The number of benzene rings is 7. The van der Waals surface area contributed by atoms with E-state index in [-0.39, 0.29) is 6.71 Å². The number of anilines is 3. The van der Waals surface area contributed by atoms with Crippen LogP contribution in [0.2, 0.25) is 0 Å². The second-order valence-electron chi connectivity index (χ2n) is 14.9. The van der Waals surface area contributed by atoms with E-state index in [1.165, 1.54) is 66.4 Å². The summed E-state index contributed by atoms with van der Waals surface area (Å²) in [6, 6.07) is 57.9. The van der Waals surface area contributed by atoms with Gasteiger partial charge < -0.3 is 13.9 Å². The number of hydrogen-bond donors (Lipinski definition) is 0. The number of rotatable bonds is 3. The standard InChI is InChI=1S/C49H33BN3O/c1-30-25-37-35-16-7-11-22-46(35)54-49(37)38(26-30)43-27-31(23-24-51(43)2)32-28-44-47-45(29-32)53-41-20-9-6-15-34(41)36-17-12-19-40(48(36)53)50(47)39-18-8-10-21-42(39)52(44)33-13-4-3-5-14-33/h3-29H,1-2H3/q+1. The summed E-state index contributed by atoms with van der Waals surface area (Å²) in [5.74, 6) is 0. The highest BCUT2D eigenvalue weighted by Gasteiger charge is 2.42. The summed E-state index contributed by atoms with van der Waals surface area (Å²) >= 11 is 0. The number of aryl methyl sites for hydroxylation is 2. The van der Waals surface area contributed by atoms with Gasteiger partial charge in [-0.1, -0.05) is 91.0 Å². The minimum Gasteiger partial charge on any atom is -0.455 e. The first-order chi connectivity index (χ1) is 26.6. The molecule has 5 heterocycles. The third-order valence-electron chi connectivity index (χ3n) is 11.8. The zero-order valence-corrected chi connectivity index (χ0v) is 29.9. The van der Waals surface area contributed by atoms with Crippen LogP contribution in [-0.2, 0) is 7.05 Å². The molecule has 5 heteroatoms. The normalized spacial score (nSPS) is 12.9. The zero-order chi connectivity index (χ0) is 35.7. The highest BCUT2D eigenvalue weighted by molar-refractivity contribution is 7.00. The summed E-state index contributed by atoms with van der Waals surface area (Å²) in [6.07, 6.45) is 2.19. The van der Waals surface area contributed by atoms with Gasteiger partial charge in [0.1, 0.15) is 18.2 Å². The van der Waals surface area contributed by atoms with E-state index in [4.69, 9.17) is 4.42 Å². The van der Waals surface area contributed by atoms with Crippen molar-refractivity contribution in [1.82, 2.24) is 4.57 Å². The van der Waals surface area contributed by atoms with Crippen LogP contribution in [0.15, 0.2) is 168 Å². The van der Waals surface area contributed by atoms with Gasteiger partial charge in [-0.3, -0.25) is 0 Å². The number of nitrogens with zero attached hydrogens (tertiary/aromatic N) is 3. The minimum absolute atomic E-state index is 0.0959. The largest absolute Gasteiger partial charge is 0.455 e. The Kier molecular flexibility index (Phi) is 5.97. The van der Waals surface area contributed by atoms with Gasteiger partial charge in [0, 0.05) is 61.9 Å². The van der Waals surface area contributed by atoms with Gasteiger partial charge in [-0.05, 0) is 94.6 Å². The molecule has 0 radical (unpaired) electrons. The van der Waals surface area contributed by atoms with Gasteiger partial charge in [-0.25, -0.2) is 4.57 Å². The van der Waals surface area contributed by atoms with Crippen LogP contribution in [-0.4, -0.2) is 11.3 Å². The number of fused-ring (bicyclic) bond motifs is 10. The fourth-order valence-electron chi connectivity index (χ4n) is 9.56. The molecule has 7 aromatic carbocycles. The van der Waals surface area contributed by atoms with Crippen LogP contribution in [0.4, 0.5) is 17.1 Å². The number of aromatic nitrogens is 2. The first-order valence-electron chi connectivity index (χ1n) is 18.7. The van der Waals surface area contributed by atoms with Crippen molar-refractivity contribution in [3.8, 4) is 28.1 Å². The van der Waals surface area contributed by atoms with Crippen LogP contribution in [0.1, 0.15) is 5.56 Å². The van der Waals surface area contributed by atoms with Gasteiger partial charge >= 0.3 is 0 Å². The van der Waals surface area contributed by atoms with Crippen LogP contribution in [0.3, 0.4) is 0 Å². The van der Waals surface area contributed by atoms with E-state index >= 15 is 0 Å². The van der Waals surface area contributed by atoms with Crippen LogP contribution < -0.4 is 25.9 Å². The Hall–Kier alpha value is -6.85. The van der Waals surface area contributed by atoms with E-state index < -0.39 is 0 Å². The van der Waals surface area contributed by atoms with Crippen LogP contribution in [0.25, 0.3) is 71.8 Å². The number of hydrogen-bond acceptors (Lipinski definition) is 2. The van der Waals surface area contributed by atoms with Crippen LogP contribution >= 0.6 is 0 Å². The number of furan rings is 1. The summed E-state index contributed by atoms with van der Waals surface area (Å²) < 4.78 is 11.4. The highest BCUT2D eigenvalue weighted by Crippen LogP contribution is 2.44. The molecule has 54 heavy (non-hydrogen) atoms. The Morgan fingerprint density at radius 2 is 1.31 bits per heavy atom. The maximum atomic E-state index is 6.59. The van der Waals surface area contributed by atoms with E-state index in [0.717, 1.165) is 44.4 Å². The van der Waals surface area contributed by atoms with Crippen LogP contribution in [0, 0.1) is 6.92 Å². The average molecular weight is 691 g/mol. The van der Waals surface area contributed by atoms with Crippen molar-refractivity contribution in [2.75, 3.05) is 4.90 Å². The van der Waals surface area contributed by atoms with Gasteiger partial charge in [-0.2, -0.15) is 0 Å². The van der Waals surface area contributed by atoms with Crippen LogP contribution in [0.5, 0.6) is 0 Å². The molecule has 3 aromatic heterocycles. The third kappa shape index (κ3) is 3.96. The second-order valence-corrected chi connectivity index (χ2v) is 14.9. The molecule has 0 saturated carbocycles. The van der Waals surface area contributed by atoms with E-state index in [9.17, 15) is 0 Å². The lowest BCUT2D eigenvalue weighted by atomic mass is 9.33. The number of pyridine rings is 1. The fourth-order valence-corrected chi connectivity index (χ4v) is 9.56.